The van der Waals surface area contributed by atoms with Gasteiger partial charge in [-0.05, 0) is 42.5 Å². The average molecular weight is 279 g/mol. The molecule has 0 saturated carbocycles. The van der Waals surface area contributed by atoms with Crippen LogP contribution >= 0.6 is 11.6 Å². The van der Waals surface area contributed by atoms with Crippen molar-refractivity contribution in [3.05, 3.63) is 41.2 Å². The summed E-state index contributed by atoms with van der Waals surface area (Å²) in [5.41, 5.74) is -0.0709. The van der Waals surface area contributed by atoms with Gasteiger partial charge in [0.25, 0.3) is 0 Å². The molecule has 1 aliphatic carbocycles. The second kappa shape index (κ2) is 4.92. The zero-order valence-corrected chi connectivity index (χ0v) is 10.2. The normalized spacial score (nSPS) is 20.7. The van der Waals surface area contributed by atoms with Crippen molar-refractivity contribution >= 4 is 17.2 Å². The quantitative estimate of drug-likeness (QED) is 0.500. The van der Waals surface area contributed by atoms with Crippen LogP contribution in [-0.4, -0.2) is 5.38 Å². The molecule has 0 amide bonds. The summed E-state index contributed by atoms with van der Waals surface area (Å²) in [6, 6.07) is 3.08. The maximum atomic E-state index is 13.1. The predicted octanol–water partition coefficient (Wildman–Crippen LogP) is 5.02. The fourth-order valence-electron chi connectivity index (χ4n) is 2.06. The van der Waals surface area contributed by atoms with Gasteiger partial charge in [0.05, 0.1) is 10.9 Å². The Morgan fingerprint density at radius 3 is 2.56 bits per heavy atom. The van der Waals surface area contributed by atoms with Crippen LogP contribution in [-0.2, 0) is 6.18 Å². The number of hydrogen-bond donors (Lipinski definition) is 0. The Bertz CT molecular complexity index is 476. The molecule has 98 valence electrons. The number of halogens is 5. The largest absolute Gasteiger partial charge is 0.419 e. The molecule has 1 aromatic carbocycles. The molecule has 0 heterocycles. The molecule has 2 rings (SSSR count). The van der Waals surface area contributed by atoms with E-state index in [2.05, 4.69) is 0 Å². The van der Waals surface area contributed by atoms with Crippen LogP contribution in [0.4, 0.5) is 17.6 Å². The van der Waals surface area contributed by atoms with Crippen molar-refractivity contribution in [2.75, 3.05) is 0 Å². The van der Waals surface area contributed by atoms with E-state index in [0.717, 1.165) is 30.5 Å². The molecule has 1 atom stereocenters. The molecular weight excluding hydrogens is 268 g/mol. The first-order valence-corrected chi connectivity index (χ1v) is 6.03. The number of allylic oxidation sites excluding steroid dienone is 2. The minimum atomic E-state index is -4.67. The Labute approximate surface area is 107 Å². The van der Waals surface area contributed by atoms with Crippen LogP contribution in [0.1, 0.15) is 30.4 Å². The lowest BCUT2D eigenvalue weighted by Crippen LogP contribution is -2.09. The van der Waals surface area contributed by atoms with Gasteiger partial charge in [-0.1, -0.05) is 12.1 Å². The first-order chi connectivity index (χ1) is 8.38. The summed E-state index contributed by atoms with van der Waals surface area (Å²) in [6.07, 6.45) is -0.600. The Morgan fingerprint density at radius 1 is 1.22 bits per heavy atom. The molecule has 0 saturated heterocycles. The van der Waals surface area contributed by atoms with Gasteiger partial charge in [-0.25, -0.2) is 4.39 Å². The molecule has 0 spiro atoms. The standard InChI is InChI=1S/C13H11ClF4/c14-10-3-1-2-8(6-10)9-4-5-12(15)11(7-9)13(16,17)18/h4-7,10H,1-3H2. The van der Waals surface area contributed by atoms with E-state index in [-0.39, 0.29) is 5.38 Å². The lowest BCUT2D eigenvalue weighted by atomic mass is 9.92. The summed E-state index contributed by atoms with van der Waals surface area (Å²) >= 11 is 5.95. The second-order valence-electron chi connectivity index (χ2n) is 4.29. The molecule has 1 unspecified atom stereocenters. The molecule has 0 aliphatic heterocycles. The topological polar surface area (TPSA) is 0 Å². The van der Waals surface area contributed by atoms with Gasteiger partial charge in [0, 0.05) is 0 Å². The van der Waals surface area contributed by atoms with E-state index in [9.17, 15) is 17.6 Å². The van der Waals surface area contributed by atoms with Crippen LogP contribution in [0.15, 0.2) is 24.3 Å². The molecule has 18 heavy (non-hydrogen) atoms. The van der Waals surface area contributed by atoms with Crippen LogP contribution in [0.5, 0.6) is 0 Å². The van der Waals surface area contributed by atoms with Crippen LogP contribution < -0.4 is 0 Å². The van der Waals surface area contributed by atoms with Crippen molar-refractivity contribution < 1.29 is 17.6 Å². The van der Waals surface area contributed by atoms with Gasteiger partial charge in [-0.2, -0.15) is 13.2 Å². The lowest BCUT2D eigenvalue weighted by molar-refractivity contribution is -0.140. The number of benzene rings is 1. The third-order valence-electron chi connectivity index (χ3n) is 2.95. The molecule has 0 N–H and O–H groups in total. The highest BCUT2D eigenvalue weighted by Gasteiger charge is 2.34. The van der Waals surface area contributed by atoms with Gasteiger partial charge in [0.1, 0.15) is 5.82 Å². The zero-order chi connectivity index (χ0) is 13.3. The highest BCUT2D eigenvalue weighted by Crippen LogP contribution is 2.35. The highest BCUT2D eigenvalue weighted by atomic mass is 35.5. The molecule has 1 aliphatic rings. The van der Waals surface area contributed by atoms with E-state index in [1.165, 1.54) is 6.07 Å². The van der Waals surface area contributed by atoms with Crippen LogP contribution in [0.3, 0.4) is 0 Å². The zero-order valence-electron chi connectivity index (χ0n) is 9.40. The fourth-order valence-corrected chi connectivity index (χ4v) is 2.36. The van der Waals surface area contributed by atoms with E-state index in [0.29, 0.717) is 12.0 Å². The maximum Gasteiger partial charge on any atom is 0.419 e. The second-order valence-corrected chi connectivity index (χ2v) is 4.85. The molecular formula is C13H11ClF4. The first kappa shape index (κ1) is 13.4. The van der Waals surface area contributed by atoms with Crippen molar-refractivity contribution in [2.45, 2.75) is 30.8 Å². The van der Waals surface area contributed by atoms with Crippen molar-refractivity contribution in [3.8, 4) is 0 Å². The third kappa shape index (κ3) is 2.86. The summed E-state index contributed by atoms with van der Waals surface area (Å²) < 4.78 is 50.9. The van der Waals surface area contributed by atoms with E-state index in [1.54, 1.807) is 6.08 Å². The molecule has 0 radical (unpaired) electrons. The smallest absolute Gasteiger partial charge is 0.206 e. The van der Waals surface area contributed by atoms with Crippen molar-refractivity contribution in [1.29, 1.82) is 0 Å². The van der Waals surface area contributed by atoms with Crippen molar-refractivity contribution in [1.82, 2.24) is 0 Å². The summed E-state index contributed by atoms with van der Waals surface area (Å²) in [5, 5.41) is -0.159. The van der Waals surface area contributed by atoms with E-state index < -0.39 is 17.6 Å². The van der Waals surface area contributed by atoms with Crippen molar-refractivity contribution in [2.24, 2.45) is 0 Å². The Kier molecular flexibility index (Phi) is 3.66. The Morgan fingerprint density at radius 2 is 1.94 bits per heavy atom. The summed E-state index contributed by atoms with van der Waals surface area (Å²) in [5.74, 6) is -1.25. The van der Waals surface area contributed by atoms with Gasteiger partial charge >= 0.3 is 6.18 Å². The maximum absolute atomic E-state index is 13.1. The monoisotopic (exact) mass is 278 g/mol. The van der Waals surface area contributed by atoms with Crippen LogP contribution in [0.2, 0.25) is 0 Å². The third-order valence-corrected chi connectivity index (χ3v) is 3.29. The van der Waals surface area contributed by atoms with E-state index in [4.69, 9.17) is 11.6 Å². The van der Waals surface area contributed by atoms with Gasteiger partial charge < -0.3 is 0 Å². The molecule has 0 aromatic heterocycles. The number of rotatable bonds is 1. The summed E-state index contributed by atoms with van der Waals surface area (Å²) in [7, 11) is 0. The number of alkyl halides is 4. The van der Waals surface area contributed by atoms with Gasteiger partial charge in [0.15, 0.2) is 0 Å². The minimum Gasteiger partial charge on any atom is -0.206 e. The summed E-state index contributed by atoms with van der Waals surface area (Å²) in [4.78, 5) is 0. The lowest BCUT2D eigenvalue weighted by Gasteiger charge is -2.18. The highest BCUT2D eigenvalue weighted by molar-refractivity contribution is 6.22. The molecule has 1 aromatic rings. The average Bonchev–Trinajstić information content (AvgIpc) is 2.28. The Balaban J connectivity index is 2.41. The van der Waals surface area contributed by atoms with E-state index >= 15 is 0 Å². The summed E-state index contributed by atoms with van der Waals surface area (Å²) in [6.45, 7) is 0. The molecule has 0 nitrogen and oxygen atoms in total. The first-order valence-electron chi connectivity index (χ1n) is 5.60. The number of hydrogen-bond acceptors (Lipinski definition) is 0. The minimum absolute atomic E-state index is 0.159. The van der Waals surface area contributed by atoms with Gasteiger partial charge in [-0.15, -0.1) is 11.6 Å². The van der Waals surface area contributed by atoms with Gasteiger partial charge in [-0.3, -0.25) is 0 Å². The van der Waals surface area contributed by atoms with Gasteiger partial charge in [0.2, 0.25) is 0 Å². The van der Waals surface area contributed by atoms with Crippen molar-refractivity contribution in [3.63, 3.8) is 0 Å². The Hall–Kier alpha value is -1.03. The van der Waals surface area contributed by atoms with Crippen LogP contribution in [0, 0.1) is 5.82 Å². The molecule has 5 heteroatoms. The molecule has 0 bridgehead atoms. The molecule has 0 fully saturated rings. The van der Waals surface area contributed by atoms with E-state index in [1.807, 2.05) is 0 Å². The predicted molar refractivity (Wildman–Crippen MR) is 62.9 cm³/mol. The SMILES string of the molecule is Fc1ccc(C2=CC(Cl)CCC2)cc1C(F)(F)F. The fraction of sp³-hybridized carbons (Fsp3) is 0.385. The van der Waals surface area contributed by atoms with Crippen LogP contribution in [0.25, 0.3) is 5.57 Å².